The first-order valence-electron chi connectivity index (χ1n) is 5.64. The lowest BCUT2D eigenvalue weighted by atomic mass is 9.83. The van der Waals surface area contributed by atoms with Crippen LogP contribution in [0.4, 0.5) is 0 Å². The highest BCUT2D eigenvalue weighted by atomic mass is 16.3. The second-order valence-electron chi connectivity index (χ2n) is 4.70. The Morgan fingerprint density at radius 1 is 1.57 bits per heavy atom. The molecule has 1 rings (SSSR count). The molecule has 0 bridgehead atoms. The molecular weight excluding hydrogens is 174 g/mol. The molecule has 0 aromatic carbocycles. The molecule has 2 unspecified atom stereocenters. The number of hydrogen-bond donors (Lipinski definition) is 2. The van der Waals surface area contributed by atoms with E-state index in [4.69, 9.17) is 0 Å². The predicted octanol–water partition coefficient (Wildman–Crippen LogP) is 2.24. The Morgan fingerprint density at radius 3 is 2.86 bits per heavy atom. The first kappa shape index (κ1) is 11.7. The van der Waals surface area contributed by atoms with E-state index in [0.29, 0.717) is 0 Å². The molecule has 0 aromatic heterocycles. The van der Waals surface area contributed by atoms with Gasteiger partial charge < -0.3 is 10.4 Å². The Labute approximate surface area is 87.4 Å². The van der Waals surface area contributed by atoms with Crippen LogP contribution in [-0.2, 0) is 0 Å². The highest BCUT2D eigenvalue weighted by Gasteiger charge is 2.34. The molecule has 0 aliphatic carbocycles. The molecule has 1 heterocycles. The van der Waals surface area contributed by atoms with Crippen LogP contribution < -0.4 is 5.32 Å². The summed E-state index contributed by atoms with van der Waals surface area (Å²) in [6.45, 7) is 7.34. The van der Waals surface area contributed by atoms with Crippen LogP contribution in [0.25, 0.3) is 0 Å². The maximum Gasteiger partial charge on any atom is 0.0800 e. The van der Waals surface area contributed by atoms with Crippen LogP contribution in [0.1, 0.15) is 46.5 Å². The zero-order chi connectivity index (χ0) is 10.6. The fourth-order valence-electron chi connectivity index (χ4n) is 2.07. The van der Waals surface area contributed by atoms with Crippen molar-refractivity contribution in [2.24, 2.45) is 0 Å². The summed E-state index contributed by atoms with van der Waals surface area (Å²) in [5.41, 5.74) is 0.856. The lowest BCUT2D eigenvalue weighted by molar-refractivity contribution is -0.0238. The summed E-state index contributed by atoms with van der Waals surface area (Å²) in [6.07, 6.45) is 6.12. The van der Waals surface area contributed by atoms with E-state index in [-0.39, 0.29) is 6.04 Å². The van der Waals surface area contributed by atoms with E-state index in [9.17, 15) is 5.11 Å². The normalized spacial score (nSPS) is 32.7. The van der Waals surface area contributed by atoms with Crippen LogP contribution in [0.15, 0.2) is 11.6 Å². The van der Waals surface area contributed by atoms with Crippen LogP contribution in [0.3, 0.4) is 0 Å². The summed E-state index contributed by atoms with van der Waals surface area (Å²) in [4.78, 5) is 0. The SMILES string of the molecule is CC(C)=CCCC1(O)CCCNC1C. The monoisotopic (exact) mass is 197 g/mol. The number of hydrogen-bond acceptors (Lipinski definition) is 2. The number of piperidine rings is 1. The zero-order valence-corrected chi connectivity index (χ0v) is 9.64. The van der Waals surface area contributed by atoms with Crippen molar-refractivity contribution in [3.63, 3.8) is 0 Å². The van der Waals surface area contributed by atoms with E-state index in [0.717, 1.165) is 32.2 Å². The van der Waals surface area contributed by atoms with Gasteiger partial charge in [-0.1, -0.05) is 11.6 Å². The van der Waals surface area contributed by atoms with Crippen LogP contribution in [0.2, 0.25) is 0 Å². The summed E-state index contributed by atoms with van der Waals surface area (Å²) >= 11 is 0. The summed E-state index contributed by atoms with van der Waals surface area (Å²) in [5, 5.41) is 13.7. The van der Waals surface area contributed by atoms with Crippen molar-refractivity contribution in [2.75, 3.05) is 6.54 Å². The van der Waals surface area contributed by atoms with Crippen molar-refractivity contribution in [3.8, 4) is 0 Å². The minimum atomic E-state index is -0.482. The fourth-order valence-corrected chi connectivity index (χ4v) is 2.07. The third-order valence-corrected chi connectivity index (χ3v) is 3.17. The zero-order valence-electron chi connectivity index (χ0n) is 9.64. The van der Waals surface area contributed by atoms with E-state index in [1.165, 1.54) is 5.57 Å². The van der Waals surface area contributed by atoms with Gasteiger partial charge in [-0.05, 0) is 53.0 Å². The highest BCUT2D eigenvalue weighted by molar-refractivity contribution is 4.98. The molecule has 0 radical (unpaired) electrons. The molecule has 2 atom stereocenters. The molecule has 14 heavy (non-hydrogen) atoms. The molecule has 2 nitrogen and oxygen atoms in total. The summed E-state index contributed by atoms with van der Waals surface area (Å²) in [7, 11) is 0. The first-order chi connectivity index (χ1) is 6.54. The fraction of sp³-hybridized carbons (Fsp3) is 0.833. The minimum absolute atomic E-state index is 0.238. The third kappa shape index (κ3) is 3.10. The molecule has 2 N–H and O–H groups in total. The highest BCUT2D eigenvalue weighted by Crippen LogP contribution is 2.26. The Bertz CT molecular complexity index is 208. The lowest BCUT2D eigenvalue weighted by Gasteiger charge is -2.38. The molecule has 0 amide bonds. The van der Waals surface area contributed by atoms with Crippen molar-refractivity contribution < 1.29 is 5.11 Å². The number of aliphatic hydroxyl groups is 1. The van der Waals surface area contributed by atoms with Crippen molar-refractivity contribution in [2.45, 2.75) is 58.1 Å². The van der Waals surface area contributed by atoms with Crippen molar-refractivity contribution in [3.05, 3.63) is 11.6 Å². The average molecular weight is 197 g/mol. The smallest absolute Gasteiger partial charge is 0.0800 e. The van der Waals surface area contributed by atoms with Crippen LogP contribution in [0.5, 0.6) is 0 Å². The van der Waals surface area contributed by atoms with Gasteiger partial charge in [0.2, 0.25) is 0 Å². The largest absolute Gasteiger partial charge is 0.388 e. The predicted molar refractivity (Wildman–Crippen MR) is 60.3 cm³/mol. The Kier molecular flexibility index (Phi) is 4.14. The van der Waals surface area contributed by atoms with Crippen molar-refractivity contribution >= 4 is 0 Å². The molecule has 1 saturated heterocycles. The van der Waals surface area contributed by atoms with Crippen LogP contribution in [-0.4, -0.2) is 23.3 Å². The Balaban J connectivity index is 2.43. The van der Waals surface area contributed by atoms with Gasteiger partial charge in [-0.15, -0.1) is 0 Å². The van der Waals surface area contributed by atoms with E-state index >= 15 is 0 Å². The van der Waals surface area contributed by atoms with Crippen LogP contribution in [0, 0.1) is 0 Å². The van der Waals surface area contributed by atoms with Gasteiger partial charge in [0.05, 0.1) is 5.60 Å². The van der Waals surface area contributed by atoms with E-state index in [2.05, 4.69) is 32.2 Å². The molecule has 82 valence electrons. The van der Waals surface area contributed by atoms with Gasteiger partial charge in [0.1, 0.15) is 0 Å². The van der Waals surface area contributed by atoms with Crippen molar-refractivity contribution in [1.29, 1.82) is 0 Å². The number of allylic oxidation sites excluding steroid dienone is 2. The molecule has 0 saturated carbocycles. The summed E-state index contributed by atoms with van der Waals surface area (Å²) in [5.74, 6) is 0. The third-order valence-electron chi connectivity index (χ3n) is 3.17. The topological polar surface area (TPSA) is 32.3 Å². The van der Waals surface area contributed by atoms with Crippen molar-refractivity contribution in [1.82, 2.24) is 5.32 Å². The molecular formula is C12H23NO. The first-order valence-corrected chi connectivity index (χ1v) is 5.64. The number of rotatable bonds is 3. The minimum Gasteiger partial charge on any atom is -0.388 e. The van der Waals surface area contributed by atoms with Gasteiger partial charge in [0.25, 0.3) is 0 Å². The van der Waals surface area contributed by atoms with Crippen LogP contribution >= 0.6 is 0 Å². The van der Waals surface area contributed by atoms with Gasteiger partial charge >= 0.3 is 0 Å². The second kappa shape index (κ2) is 4.94. The number of nitrogens with one attached hydrogen (secondary N) is 1. The molecule has 2 heteroatoms. The maximum absolute atomic E-state index is 10.4. The second-order valence-corrected chi connectivity index (χ2v) is 4.70. The van der Waals surface area contributed by atoms with Gasteiger partial charge in [0.15, 0.2) is 0 Å². The summed E-state index contributed by atoms with van der Waals surface area (Å²) < 4.78 is 0. The molecule has 0 aromatic rings. The van der Waals surface area contributed by atoms with Gasteiger partial charge in [0, 0.05) is 6.04 Å². The van der Waals surface area contributed by atoms with E-state index in [1.54, 1.807) is 0 Å². The van der Waals surface area contributed by atoms with Gasteiger partial charge in [-0.25, -0.2) is 0 Å². The average Bonchev–Trinajstić information content (AvgIpc) is 2.10. The molecule has 0 spiro atoms. The maximum atomic E-state index is 10.4. The van der Waals surface area contributed by atoms with E-state index in [1.807, 2.05) is 0 Å². The molecule has 1 fully saturated rings. The molecule has 1 aliphatic rings. The standard InChI is InChI=1S/C12H23NO/c1-10(2)6-4-7-12(14)8-5-9-13-11(12)3/h6,11,13-14H,4-5,7-9H2,1-3H3. The Hall–Kier alpha value is -0.340. The lowest BCUT2D eigenvalue weighted by Crippen LogP contribution is -2.53. The molecule has 1 aliphatic heterocycles. The van der Waals surface area contributed by atoms with Gasteiger partial charge in [-0.2, -0.15) is 0 Å². The Morgan fingerprint density at radius 2 is 2.29 bits per heavy atom. The van der Waals surface area contributed by atoms with E-state index < -0.39 is 5.60 Å². The van der Waals surface area contributed by atoms with Gasteiger partial charge in [-0.3, -0.25) is 0 Å². The summed E-state index contributed by atoms with van der Waals surface area (Å²) in [6, 6.07) is 0.238. The quantitative estimate of drug-likeness (QED) is 0.680.